The quantitative estimate of drug-likeness (QED) is 0.652. The summed E-state index contributed by atoms with van der Waals surface area (Å²) in [5, 5.41) is 5.42. The Labute approximate surface area is 166 Å². The van der Waals surface area contributed by atoms with Gasteiger partial charge in [-0.3, -0.25) is 9.48 Å². The van der Waals surface area contributed by atoms with Crippen LogP contribution in [0.2, 0.25) is 0 Å². The van der Waals surface area contributed by atoms with Crippen LogP contribution in [0.5, 0.6) is 0 Å². The van der Waals surface area contributed by atoms with Crippen LogP contribution in [0.3, 0.4) is 0 Å². The molecule has 2 aromatic heterocycles. The second-order valence-electron chi connectivity index (χ2n) is 8.32. The summed E-state index contributed by atoms with van der Waals surface area (Å²) in [6, 6.07) is 6.73. The minimum absolute atomic E-state index is 0.113. The molecule has 0 unspecified atom stereocenters. The topological polar surface area (TPSA) is 51.0 Å². The van der Waals surface area contributed by atoms with Gasteiger partial charge in [-0.05, 0) is 70.7 Å². The number of amides is 1. The summed E-state index contributed by atoms with van der Waals surface area (Å²) in [5.41, 5.74) is 5.63. The Morgan fingerprint density at radius 1 is 1.21 bits per heavy atom. The molecule has 0 saturated carbocycles. The molecule has 0 bridgehead atoms. The highest BCUT2D eigenvalue weighted by Crippen LogP contribution is 2.31. The van der Waals surface area contributed by atoms with Crippen molar-refractivity contribution >= 4 is 16.8 Å². The first-order chi connectivity index (χ1) is 13.3. The lowest BCUT2D eigenvalue weighted by Crippen LogP contribution is -2.33. The summed E-state index contributed by atoms with van der Waals surface area (Å²) < 4.78 is 1.92. The molecule has 28 heavy (non-hydrogen) atoms. The van der Waals surface area contributed by atoms with Crippen LogP contribution < -0.4 is 0 Å². The smallest absolute Gasteiger partial charge is 0.254 e. The van der Waals surface area contributed by atoms with Crippen LogP contribution in [-0.2, 0) is 0 Å². The third kappa shape index (κ3) is 3.19. The Balaban J connectivity index is 1.91. The predicted molar refractivity (Wildman–Crippen MR) is 113 cm³/mol. The largest absolute Gasteiger partial charge is 0.336 e. The first kappa shape index (κ1) is 18.7. The number of likely N-dealkylation sites (tertiary alicyclic amines) is 1. The fraction of sp³-hybridized carbons (Fsp3) is 0.435. The van der Waals surface area contributed by atoms with E-state index in [2.05, 4.69) is 51.9 Å². The summed E-state index contributed by atoms with van der Waals surface area (Å²) >= 11 is 0. The summed E-state index contributed by atoms with van der Waals surface area (Å²) in [7, 11) is 0. The minimum Gasteiger partial charge on any atom is -0.336 e. The van der Waals surface area contributed by atoms with Gasteiger partial charge in [0, 0.05) is 35.8 Å². The van der Waals surface area contributed by atoms with Crippen LogP contribution in [0, 0.1) is 13.8 Å². The van der Waals surface area contributed by atoms with Gasteiger partial charge < -0.3 is 4.90 Å². The molecule has 1 saturated heterocycles. The number of rotatable bonds is 3. The SMILES string of the molecule is Cc1cc(C)c2c(C(=O)N3CCC[C@@H]3C)cc(-c3cnn(C(C)C)c3)nc2c1. The highest BCUT2D eigenvalue weighted by Gasteiger charge is 2.28. The van der Waals surface area contributed by atoms with Crippen molar-refractivity contribution in [1.82, 2.24) is 19.7 Å². The van der Waals surface area contributed by atoms with Gasteiger partial charge in [0.05, 0.1) is 23.0 Å². The zero-order valence-electron chi connectivity index (χ0n) is 17.4. The zero-order valence-corrected chi connectivity index (χ0v) is 17.4. The molecule has 1 fully saturated rings. The van der Waals surface area contributed by atoms with Gasteiger partial charge in [-0.25, -0.2) is 4.98 Å². The molecular formula is C23H28N4O. The number of hydrogen-bond donors (Lipinski definition) is 0. The van der Waals surface area contributed by atoms with Crippen LogP contribution in [0.25, 0.3) is 22.2 Å². The van der Waals surface area contributed by atoms with Gasteiger partial charge in [-0.2, -0.15) is 5.10 Å². The minimum atomic E-state index is 0.113. The Kier molecular flexibility index (Phi) is 4.69. The summed E-state index contributed by atoms with van der Waals surface area (Å²) in [6.45, 7) is 11.3. The van der Waals surface area contributed by atoms with E-state index in [0.717, 1.165) is 58.2 Å². The van der Waals surface area contributed by atoms with Crippen LogP contribution in [-0.4, -0.2) is 38.2 Å². The molecule has 3 heterocycles. The van der Waals surface area contributed by atoms with E-state index in [9.17, 15) is 4.79 Å². The average Bonchev–Trinajstić information content (AvgIpc) is 3.29. The van der Waals surface area contributed by atoms with Crippen molar-refractivity contribution < 1.29 is 4.79 Å². The lowest BCUT2D eigenvalue weighted by molar-refractivity contribution is 0.0749. The maximum atomic E-state index is 13.5. The van der Waals surface area contributed by atoms with Gasteiger partial charge in [-0.1, -0.05) is 6.07 Å². The molecule has 3 aromatic rings. The maximum Gasteiger partial charge on any atom is 0.254 e. The number of hydrogen-bond acceptors (Lipinski definition) is 3. The third-order valence-corrected chi connectivity index (χ3v) is 5.72. The molecule has 1 amide bonds. The molecule has 5 nitrogen and oxygen atoms in total. The zero-order chi connectivity index (χ0) is 20.0. The van der Waals surface area contributed by atoms with Crippen LogP contribution in [0.1, 0.15) is 61.1 Å². The van der Waals surface area contributed by atoms with Gasteiger partial charge >= 0.3 is 0 Å². The second-order valence-corrected chi connectivity index (χ2v) is 8.32. The Morgan fingerprint density at radius 2 is 2.00 bits per heavy atom. The molecular weight excluding hydrogens is 348 g/mol. The van der Waals surface area contributed by atoms with E-state index in [1.165, 1.54) is 0 Å². The molecule has 1 aromatic carbocycles. The number of aryl methyl sites for hydroxylation is 2. The Hall–Kier alpha value is -2.69. The predicted octanol–water partition coefficient (Wildman–Crippen LogP) is 4.92. The van der Waals surface area contributed by atoms with E-state index < -0.39 is 0 Å². The molecule has 146 valence electrons. The van der Waals surface area contributed by atoms with Crippen molar-refractivity contribution in [2.24, 2.45) is 0 Å². The second kappa shape index (κ2) is 7.04. The molecule has 1 aliphatic heterocycles. The van der Waals surface area contributed by atoms with Gasteiger partial charge in [0.15, 0.2) is 0 Å². The van der Waals surface area contributed by atoms with Gasteiger partial charge in [-0.15, -0.1) is 0 Å². The Morgan fingerprint density at radius 3 is 2.64 bits per heavy atom. The highest BCUT2D eigenvalue weighted by atomic mass is 16.2. The fourth-order valence-corrected chi connectivity index (χ4v) is 4.21. The van der Waals surface area contributed by atoms with Crippen LogP contribution in [0.15, 0.2) is 30.6 Å². The third-order valence-electron chi connectivity index (χ3n) is 5.72. The molecule has 1 atom stereocenters. The average molecular weight is 377 g/mol. The van der Waals surface area contributed by atoms with E-state index in [4.69, 9.17) is 4.98 Å². The molecule has 1 aliphatic rings. The summed E-state index contributed by atoms with van der Waals surface area (Å²) in [5.74, 6) is 0.113. The first-order valence-electron chi connectivity index (χ1n) is 10.1. The van der Waals surface area contributed by atoms with Crippen molar-refractivity contribution in [3.63, 3.8) is 0 Å². The van der Waals surface area contributed by atoms with E-state index in [-0.39, 0.29) is 18.0 Å². The number of pyridine rings is 1. The molecule has 4 rings (SSSR count). The van der Waals surface area contributed by atoms with Crippen LogP contribution in [0.4, 0.5) is 0 Å². The number of nitrogens with zero attached hydrogens (tertiary/aromatic N) is 4. The highest BCUT2D eigenvalue weighted by molar-refractivity contribution is 6.08. The molecule has 0 spiro atoms. The van der Waals surface area contributed by atoms with Crippen molar-refractivity contribution in [2.75, 3.05) is 6.54 Å². The lowest BCUT2D eigenvalue weighted by atomic mass is 9.98. The normalized spacial score (nSPS) is 17.1. The van der Waals surface area contributed by atoms with E-state index in [0.29, 0.717) is 0 Å². The first-order valence-corrected chi connectivity index (χ1v) is 10.1. The van der Waals surface area contributed by atoms with E-state index in [1.807, 2.05) is 28.0 Å². The molecule has 0 N–H and O–H groups in total. The Bertz CT molecular complexity index is 1050. The van der Waals surface area contributed by atoms with Gasteiger partial charge in [0.1, 0.15) is 0 Å². The summed E-state index contributed by atoms with van der Waals surface area (Å²) in [4.78, 5) is 20.4. The number of carbonyl (C=O) groups is 1. The van der Waals surface area contributed by atoms with Gasteiger partial charge in [0.2, 0.25) is 0 Å². The number of benzene rings is 1. The maximum absolute atomic E-state index is 13.5. The molecule has 0 aliphatic carbocycles. The fourth-order valence-electron chi connectivity index (χ4n) is 4.21. The van der Waals surface area contributed by atoms with Crippen molar-refractivity contribution in [3.8, 4) is 11.3 Å². The lowest BCUT2D eigenvalue weighted by Gasteiger charge is -2.23. The number of fused-ring (bicyclic) bond motifs is 1. The number of carbonyl (C=O) groups excluding carboxylic acids is 1. The summed E-state index contributed by atoms with van der Waals surface area (Å²) in [6.07, 6.45) is 5.99. The van der Waals surface area contributed by atoms with Crippen LogP contribution >= 0.6 is 0 Å². The van der Waals surface area contributed by atoms with Crippen molar-refractivity contribution in [1.29, 1.82) is 0 Å². The van der Waals surface area contributed by atoms with Gasteiger partial charge in [0.25, 0.3) is 5.91 Å². The monoisotopic (exact) mass is 376 g/mol. The standard InChI is InChI=1S/C23H28N4O/c1-14(2)27-13-18(12-24-27)20-11-19(23(28)26-8-6-7-17(26)5)22-16(4)9-15(3)10-21(22)25-20/h9-14,17H,6-8H2,1-5H3/t17-/m0/s1. The molecule has 0 radical (unpaired) electrons. The van der Waals surface area contributed by atoms with Crippen molar-refractivity contribution in [2.45, 2.75) is 59.5 Å². The van der Waals surface area contributed by atoms with E-state index >= 15 is 0 Å². The van der Waals surface area contributed by atoms with Crippen molar-refractivity contribution in [3.05, 3.63) is 47.3 Å². The molecule has 5 heteroatoms. The number of aromatic nitrogens is 3. The van der Waals surface area contributed by atoms with E-state index in [1.54, 1.807) is 0 Å².